The van der Waals surface area contributed by atoms with Crippen LogP contribution in [0.25, 0.3) is 0 Å². The highest BCUT2D eigenvalue weighted by Crippen LogP contribution is 2.20. The zero-order valence-corrected chi connectivity index (χ0v) is 11.2. The van der Waals surface area contributed by atoms with Crippen LogP contribution in [0.5, 0.6) is 0 Å². The Morgan fingerprint density at radius 1 is 1.38 bits per heavy atom. The van der Waals surface area contributed by atoms with Crippen LogP contribution in [0, 0.1) is 5.41 Å². The van der Waals surface area contributed by atoms with Gasteiger partial charge >= 0.3 is 0 Å². The largest absolute Gasteiger partial charge is 0.330 e. The van der Waals surface area contributed by atoms with Crippen molar-refractivity contribution in [1.82, 2.24) is 0 Å². The molecule has 88 valence electrons. The van der Waals surface area contributed by atoms with Gasteiger partial charge in [0.1, 0.15) is 0 Å². The summed E-state index contributed by atoms with van der Waals surface area (Å²) in [5.41, 5.74) is 6.23. The van der Waals surface area contributed by atoms with Gasteiger partial charge in [0.25, 0.3) is 0 Å². The van der Waals surface area contributed by atoms with Gasteiger partial charge in [-0.3, -0.25) is 4.79 Å². The molecular formula is C12H17BrN2O. The predicted molar refractivity (Wildman–Crippen MR) is 70.2 cm³/mol. The Morgan fingerprint density at radius 3 is 2.44 bits per heavy atom. The Labute approximate surface area is 105 Å². The van der Waals surface area contributed by atoms with Crippen molar-refractivity contribution in [3.63, 3.8) is 0 Å². The molecule has 3 N–H and O–H groups in total. The highest BCUT2D eigenvalue weighted by molar-refractivity contribution is 9.10. The SMILES string of the molecule is CC(C)(CN)CC(=O)Nc1ccc(Br)cc1. The molecule has 0 unspecified atom stereocenters. The van der Waals surface area contributed by atoms with Gasteiger partial charge in [-0.1, -0.05) is 29.8 Å². The maximum absolute atomic E-state index is 11.7. The van der Waals surface area contributed by atoms with Crippen LogP contribution in [0.1, 0.15) is 20.3 Å². The van der Waals surface area contributed by atoms with Gasteiger partial charge in [0.2, 0.25) is 5.91 Å². The summed E-state index contributed by atoms with van der Waals surface area (Å²) < 4.78 is 0.993. The first kappa shape index (κ1) is 13.2. The zero-order valence-electron chi connectivity index (χ0n) is 9.59. The maximum Gasteiger partial charge on any atom is 0.224 e. The molecule has 0 radical (unpaired) electrons. The number of hydrogen-bond donors (Lipinski definition) is 2. The summed E-state index contributed by atoms with van der Waals surface area (Å²) in [6.07, 6.45) is 0.430. The van der Waals surface area contributed by atoms with Gasteiger partial charge < -0.3 is 11.1 Å². The van der Waals surface area contributed by atoms with Crippen molar-refractivity contribution in [3.8, 4) is 0 Å². The Morgan fingerprint density at radius 2 is 1.94 bits per heavy atom. The van der Waals surface area contributed by atoms with Gasteiger partial charge in [-0.25, -0.2) is 0 Å². The monoisotopic (exact) mass is 284 g/mol. The van der Waals surface area contributed by atoms with E-state index < -0.39 is 0 Å². The fourth-order valence-corrected chi connectivity index (χ4v) is 1.51. The van der Waals surface area contributed by atoms with Crippen LogP contribution >= 0.6 is 15.9 Å². The first-order chi connectivity index (χ1) is 7.43. The molecule has 0 fully saturated rings. The second kappa shape index (κ2) is 5.46. The molecule has 0 atom stereocenters. The summed E-state index contributed by atoms with van der Waals surface area (Å²) in [4.78, 5) is 11.7. The summed E-state index contributed by atoms with van der Waals surface area (Å²) in [6.45, 7) is 4.46. The van der Waals surface area contributed by atoms with Crippen LogP contribution in [0.2, 0.25) is 0 Å². The molecule has 4 heteroatoms. The number of hydrogen-bond acceptors (Lipinski definition) is 2. The third kappa shape index (κ3) is 4.33. The Kier molecular flexibility index (Phi) is 4.50. The molecule has 0 saturated heterocycles. The first-order valence-electron chi connectivity index (χ1n) is 5.18. The molecular weight excluding hydrogens is 268 g/mol. The van der Waals surface area contributed by atoms with E-state index in [0.29, 0.717) is 13.0 Å². The van der Waals surface area contributed by atoms with Crippen molar-refractivity contribution in [2.75, 3.05) is 11.9 Å². The number of nitrogens with two attached hydrogens (primary N) is 1. The van der Waals surface area contributed by atoms with E-state index in [1.807, 2.05) is 38.1 Å². The Bertz CT molecular complexity index is 360. The van der Waals surface area contributed by atoms with Gasteiger partial charge in [-0.15, -0.1) is 0 Å². The minimum atomic E-state index is -0.153. The van der Waals surface area contributed by atoms with Crippen molar-refractivity contribution in [3.05, 3.63) is 28.7 Å². The molecule has 3 nitrogen and oxygen atoms in total. The minimum Gasteiger partial charge on any atom is -0.330 e. The van der Waals surface area contributed by atoms with Gasteiger partial charge in [0.05, 0.1) is 0 Å². The van der Waals surface area contributed by atoms with E-state index in [1.165, 1.54) is 0 Å². The van der Waals surface area contributed by atoms with Crippen molar-refractivity contribution < 1.29 is 4.79 Å². The van der Waals surface area contributed by atoms with Crippen LogP contribution in [-0.2, 0) is 4.79 Å². The van der Waals surface area contributed by atoms with E-state index in [-0.39, 0.29) is 11.3 Å². The van der Waals surface area contributed by atoms with Crippen molar-refractivity contribution in [1.29, 1.82) is 0 Å². The third-order valence-corrected chi connectivity index (χ3v) is 2.85. The first-order valence-corrected chi connectivity index (χ1v) is 5.98. The molecule has 1 aromatic rings. The molecule has 0 saturated carbocycles. The number of carbonyl (C=O) groups excluding carboxylic acids is 1. The van der Waals surface area contributed by atoms with Crippen LogP contribution < -0.4 is 11.1 Å². The molecule has 0 heterocycles. The smallest absolute Gasteiger partial charge is 0.224 e. The van der Waals surface area contributed by atoms with Gasteiger partial charge in [-0.05, 0) is 36.2 Å². The van der Waals surface area contributed by atoms with E-state index in [1.54, 1.807) is 0 Å². The zero-order chi connectivity index (χ0) is 12.2. The predicted octanol–water partition coefficient (Wildman–Crippen LogP) is 2.76. The molecule has 0 bridgehead atoms. The number of rotatable bonds is 4. The van der Waals surface area contributed by atoms with E-state index in [0.717, 1.165) is 10.2 Å². The maximum atomic E-state index is 11.7. The number of nitrogens with one attached hydrogen (secondary N) is 1. The number of halogens is 1. The van der Waals surface area contributed by atoms with E-state index in [4.69, 9.17) is 5.73 Å². The second-order valence-corrected chi connectivity index (χ2v) is 5.52. The van der Waals surface area contributed by atoms with Crippen molar-refractivity contribution in [2.45, 2.75) is 20.3 Å². The van der Waals surface area contributed by atoms with Crippen LogP contribution in [0.15, 0.2) is 28.7 Å². The lowest BCUT2D eigenvalue weighted by molar-refractivity contribution is -0.117. The minimum absolute atomic E-state index is 0.00206. The molecule has 1 aromatic carbocycles. The Balaban J connectivity index is 2.55. The third-order valence-electron chi connectivity index (χ3n) is 2.32. The lowest BCUT2D eigenvalue weighted by atomic mass is 9.89. The summed E-state index contributed by atoms with van der Waals surface area (Å²) >= 11 is 3.34. The van der Waals surface area contributed by atoms with Crippen molar-refractivity contribution in [2.24, 2.45) is 11.1 Å². The lowest BCUT2D eigenvalue weighted by Crippen LogP contribution is -2.29. The average molecular weight is 285 g/mol. The number of amides is 1. The number of carbonyl (C=O) groups is 1. The summed E-state index contributed by atoms with van der Waals surface area (Å²) in [6, 6.07) is 7.50. The van der Waals surface area contributed by atoms with Crippen LogP contribution in [0.3, 0.4) is 0 Å². The molecule has 0 aromatic heterocycles. The van der Waals surface area contributed by atoms with Crippen LogP contribution in [0.4, 0.5) is 5.69 Å². The molecule has 0 spiro atoms. The average Bonchev–Trinajstić information content (AvgIpc) is 2.21. The van der Waals surface area contributed by atoms with Crippen molar-refractivity contribution >= 4 is 27.5 Å². The fraction of sp³-hybridized carbons (Fsp3) is 0.417. The molecule has 0 aliphatic rings. The summed E-state index contributed by atoms with van der Waals surface area (Å²) in [7, 11) is 0. The van der Waals surface area contributed by atoms with Gasteiger partial charge in [-0.2, -0.15) is 0 Å². The van der Waals surface area contributed by atoms with E-state index in [2.05, 4.69) is 21.2 Å². The number of anilines is 1. The quantitative estimate of drug-likeness (QED) is 0.893. The normalized spacial score (nSPS) is 11.2. The standard InChI is InChI=1S/C12H17BrN2O/c1-12(2,8-14)7-11(16)15-10-5-3-9(13)4-6-10/h3-6H,7-8,14H2,1-2H3,(H,15,16). The highest BCUT2D eigenvalue weighted by Gasteiger charge is 2.19. The van der Waals surface area contributed by atoms with E-state index >= 15 is 0 Å². The van der Waals surface area contributed by atoms with Gasteiger partial charge in [0.15, 0.2) is 0 Å². The van der Waals surface area contributed by atoms with E-state index in [9.17, 15) is 4.79 Å². The summed E-state index contributed by atoms with van der Waals surface area (Å²) in [5, 5.41) is 2.84. The lowest BCUT2D eigenvalue weighted by Gasteiger charge is -2.21. The molecule has 1 amide bonds. The van der Waals surface area contributed by atoms with Gasteiger partial charge in [0, 0.05) is 16.6 Å². The second-order valence-electron chi connectivity index (χ2n) is 4.60. The highest BCUT2D eigenvalue weighted by atomic mass is 79.9. The molecule has 0 aliphatic carbocycles. The van der Waals surface area contributed by atoms with Crippen LogP contribution in [-0.4, -0.2) is 12.5 Å². The molecule has 0 aliphatic heterocycles. The molecule has 1 rings (SSSR count). The summed E-state index contributed by atoms with van der Waals surface area (Å²) in [5.74, 6) is -0.00206. The Hall–Kier alpha value is -0.870. The number of benzene rings is 1. The fourth-order valence-electron chi connectivity index (χ4n) is 1.25. The topological polar surface area (TPSA) is 55.1 Å². The molecule has 16 heavy (non-hydrogen) atoms.